The van der Waals surface area contributed by atoms with Gasteiger partial charge in [-0.1, -0.05) is 0 Å². The van der Waals surface area contributed by atoms with E-state index in [4.69, 9.17) is 21.1 Å². The summed E-state index contributed by atoms with van der Waals surface area (Å²) < 4.78 is 11.4. The Morgan fingerprint density at radius 3 is 2.62 bits per heavy atom. The van der Waals surface area contributed by atoms with E-state index in [0.717, 1.165) is 15.9 Å². The van der Waals surface area contributed by atoms with Crippen molar-refractivity contribution in [2.24, 2.45) is 0 Å². The van der Waals surface area contributed by atoms with Gasteiger partial charge in [0.15, 0.2) is 0 Å². The highest BCUT2D eigenvalue weighted by molar-refractivity contribution is 9.10. The molecule has 0 saturated heterocycles. The number of methoxy groups -OCH3 is 1. The zero-order valence-electron chi connectivity index (χ0n) is 11.7. The van der Waals surface area contributed by atoms with Crippen LogP contribution in [0.4, 0.5) is 11.6 Å². The summed E-state index contributed by atoms with van der Waals surface area (Å²) in [5.41, 5.74) is 0.778. The molecule has 6 nitrogen and oxygen atoms in total. The lowest BCUT2D eigenvalue weighted by Crippen LogP contribution is -2.10. The Kier molecular flexibility index (Phi) is 5.19. The molecule has 0 saturated carbocycles. The number of ether oxygens (including phenoxy) is 2. The maximum absolute atomic E-state index is 5.87. The van der Waals surface area contributed by atoms with Crippen LogP contribution in [0.5, 0.6) is 11.8 Å². The molecule has 1 heterocycles. The highest BCUT2D eigenvalue weighted by Gasteiger charge is 2.09. The summed E-state index contributed by atoms with van der Waals surface area (Å²) in [4.78, 5) is 12.1. The first kappa shape index (κ1) is 15.8. The van der Waals surface area contributed by atoms with Gasteiger partial charge >= 0.3 is 6.01 Å². The SMILES string of the molecule is COc1ccc(Nc2nc(Cl)nc(OC(C)C)n2)cc1Br. The Labute approximate surface area is 136 Å². The number of nitrogens with one attached hydrogen (secondary N) is 1. The van der Waals surface area contributed by atoms with E-state index in [1.54, 1.807) is 7.11 Å². The molecule has 0 radical (unpaired) electrons. The highest BCUT2D eigenvalue weighted by atomic mass is 79.9. The van der Waals surface area contributed by atoms with Gasteiger partial charge in [-0.05, 0) is 59.6 Å². The number of benzene rings is 1. The molecule has 1 aromatic carbocycles. The number of anilines is 2. The Morgan fingerprint density at radius 2 is 2.00 bits per heavy atom. The molecule has 0 bridgehead atoms. The lowest BCUT2D eigenvalue weighted by Gasteiger charge is -2.10. The monoisotopic (exact) mass is 372 g/mol. The summed E-state index contributed by atoms with van der Waals surface area (Å²) in [6, 6.07) is 5.69. The van der Waals surface area contributed by atoms with Crippen molar-refractivity contribution in [1.82, 2.24) is 15.0 Å². The standard InChI is InChI=1S/C13H14BrClN4O2/c1-7(2)21-13-18-11(15)17-12(19-13)16-8-4-5-10(20-3)9(14)6-8/h4-7H,1-3H3,(H,16,17,18,19). The van der Waals surface area contributed by atoms with Crippen LogP contribution in [0.1, 0.15) is 13.8 Å². The second kappa shape index (κ2) is 6.91. The first-order chi connectivity index (χ1) is 9.97. The van der Waals surface area contributed by atoms with Gasteiger partial charge in [-0.3, -0.25) is 0 Å². The smallest absolute Gasteiger partial charge is 0.322 e. The van der Waals surface area contributed by atoms with Crippen LogP contribution >= 0.6 is 27.5 Å². The zero-order chi connectivity index (χ0) is 15.4. The lowest BCUT2D eigenvalue weighted by molar-refractivity contribution is 0.222. The van der Waals surface area contributed by atoms with Gasteiger partial charge in [-0.2, -0.15) is 15.0 Å². The van der Waals surface area contributed by atoms with Crippen LogP contribution in [-0.2, 0) is 0 Å². The Balaban J connectivity index is 2.22. The van der Waals surface area contributed by atoms with Gasteiger partial charge in [-0.25, -0.2) is 0 Å². The maximum Gasteiger partial charge on any atom is 0.322 e. The van der Waals surface area contributed by atoms with Crippen molar-refractivity contribution in [2.45, 2.75) is 20.0 Å². The third-order valence-corrected chi connectivity index (χ3v) is 3.13. The summed E-state index contributed by atoms with van der Waals surface area (Å²) in [5.74, 6) is 1.04. The summed E-state index contributed by atoms with van der Waals surface area (Å²) in [5, 5.41) is 3.10. The molecule has 1 aromatic heterocycles. The minimum atomic E-state index is -0.0496. The van der Waals surface area contributed by atoms with Crippen molar-refractivity contribution >= 4 is 39.2 Å². The van der Waals surface area contributed by atoms with Crippen LogP contribution in [0.15, 0.2) is 22.7 Å². The van der Waals surface area contributed by atoms with Gasteiger partial charge in [0, 0.05) is 5.69 Å². The second-order valence-corrected chi connectivity index (χ2v) is 5.54. The van der Waals surface area contributed by atoms with Gasteiger partial charge < -0.3 is 14.8 Å². The van der Waals surface area contributed by atoms with E-state index < -0.39 is 0 Å². The van der Waals surface area contributed by atoms with Crippen molar-refractivity contribution in [3.63, 3.8) is 0 Å². The van der Waals surface area contributed by atoms with Crippen molar-refractivity contribution < 1.29 is 9.47 Å². The average molecular weight is 374 g/mol. The molecule has 1 N–H and O–H groups in total. The third-order valence-electron chi connectivity index (χ3n) is 2.34. The quantitative estimate of drug-likeness (QED) is 0.859. The van der Waals surface area contributed by atoms with E-state index in [0.29, 0.717) is 5.95 Å². The van der Waals surface area contributed by atoms with Crippen LogP contribution in [0, 0.1) is 0 Å². The fraction of sp³-hybridized carbons (Fsp3) is 0.308. The van der Waals surface area contributed by atoms with E-state index >= 15 is 0 Å². The number of hydrogen-bond acceptors (Lipinski definition) is 6. The number of halogens is 2. The minimum Gasteiger partial charge on any atom is -0.496 e. The molecule has 21 heavy (non-hydrogen) atoms. The molecule has 0 spiro atoms. The fourth-order valence-corrected chi connectivity index (χ4v) is 2.22. The fourth-order valence-electron chi connectivity index (χ4n) is 1.52. The molecular formula is C13H14BrClN4O2. The topological polar surface area (TPSA) is 69.2 Å². The largest absolute Gasteiger partial charge is 0.496 e. The van der Waals surface area contributed by atoms with Crippen molar-refractivity contribution in [1.29, 1.82) is 0 Å². The molecular weight excluding hydrogens is 360 g/mol. The number of nitrogens with zero attached hydrogens (tertiary/aromatic N) is 3. The van der Waals surface area contributed by atoms with Crippen LogP contribution in [-0.4, -0.2) is 28.2 Å². The molecule has 0 fully saturated rings. The predicted molar refractivity (Wildman–Crippen MR) is 84.6 cm³/mol. The second-order valence-electron chi connectivity index (χ2n) is 4.35. The predicted octanol–water partition coefficient (Wildman–Crippen LogP) is 3.83. The Hall–Kier alpha value is -1.60. The minimum absolute atomic E-state index is 0.0496. The molecule has 0 atom stereocenters. The van der Waals surface area contributed by atoms with E-state index in [-0.39, 0.29) is 17.4 Å². The molecule has 0 aliphatic carbocycles. The van der Waals surface area contributed by atoms with E-state index in [2.05, 4.69) is 36.2 Å². The summed E-state index contributed by atoms with van der Waals surface area (Å²) >= 11 is 9.28. The van der Waals surface area contributed by atoms with Crippen LogP contribution in [0.25, 0.3) is 0 Å². The number of hydrogen-bond donors (Lipinski definition) is 1. The number of rotatable bonds is 5. The van der Waals surface area contributed by atoms with Gasteiger partial charge in [0.25, 0.3) is 0 Å². The lowest BCUT2D eigenvalue weighted by atomic mass is 10.3. The van der Waals surface area contributed by atoms with E-state index in [1.807, 2.05) is 32.0 Å². The zero-order valence-corrected chi connectivity index (χ0v) is 14.1. The molecule has 112 valence electrons. The molecule has 2 rings (SSSR count). The van der Waals surface area contributed by atoms with Crippen LogP contribution in [0.2, 0.25) is 5.28 Å². The molecule has 0 amide bonds. The highest BCUT2D eigenvalue weighted by Crippen LogP contribution is 2.29. The van der Waals surface area contributed by atoms with Gasteiger partial charge in [-0.15, -0.1) is 0 Å². The number of aromatic nitrogens is 3. The summed E-state index contributed by atoms with van der Waals surface area (Å²) in [6.45, 7) is 3.76. The van der Waals surface area contributed by atoms with Gasteiger partial charge in [0.05, 0.1) is 17.7 Å². The Bertz CT molecular complexity index is 640. The normalized spacial score (nSPS) is 10.6. The summed E-state index contributed by atoms with van der Waals surface area (Å²) in [7, 11) is 1.61. The van der Waals surface area contributed by atoms with Gasteiger partial charge in [0.2, 0.25) is 11.2 Å². The first-order valence-electron chi connectivity index (χ1n) is 6.16. The molecule has 2 aromatic rings. The van der Waals surface area contributed by atoms with Gasteiger partial charge in [0.1, 0.15) is 5.75 Å². The van der Waals surface area contributed by atoms with Crippen molar-refractivity contribution in [3.8, 4) is 11.8 Å². The van der Waals surface area contributed by atoms with Crippen molar-refractivity contribution in [3.05, 3.63) is 28.0 Å². The average Bonchev–Trinajstić information content (AvgIpc) is 2.37. The van der Waals surface area contributed by atoms with Crippen LogP contribution < -0.4 is 14.8 Å². The first-order valence-corrected chi connectivity index (χ1v) is 7.34. The molecule has 0 aliphatic heterocycles. The summed E-state index contributed by atoms with van der Waals surface area (Å²) in [6.07, 6.45) is -0.0496. The van der Waals surface area contributed by atoms with E-state index in [1.165, 1.54) is 0 Å². The van der Waals surface area contributed by atoms with E-state index in [9.17, 15) is 0 Å². The third kappa shape index (κ3) is 4.44. The molecule has 8 heteroatoms. The van der Waals surface area contributed by atoms with Crippen LogP contribution in [0.3, 0.4) is 0 Å². The Morgan fingerprint density at radius 1 is 1.24 bits per heavy atom. The molecule has 0 unspecified atom stereocenters. The van der Waals surface area contributed by atoms with Crippen molar-refractivity contribution in [2.75, 3.05) is 12.4 Å². The maximum atomic E-state index is 5.87. The molecule has 0 aliphatic rings.